The third-order valence-electron chi connectivity index (χ3n) is 7.86. The molecule has 0 atom stereocenters. The predicted octanol–water partition coefficient (Wildman–Crippen LogP) is 2.88. The number of rotatable bonds is 7. The van der Waals surface area contributed by atoms with Crippen LogP contribution in [0.5, 0.6) is 0 Å². The Morgan fingerprint density at radius 3 is 2.52 bits per heavy atom. The number of carbonyl (C=O) groups excluding carboxylic acids is 1. The van der Waals surface area contributed by atoms with E-state index in [1.54, 1.807) is 9.80 Å². The number of sulfonamides is 1. The fourth-order valence-electron chi connectivity index (χ4n) is 5.02. The van der Waals surface area contributed by atoms with Gasteiger partial charge in [-0.2, -0.15) is 15.1 Å². The molecular formula is C24H27F2N9O3S2. The molecule has 6 rings (SSSR count). The van der Waals surface area contributed by atoms with Gasteiger partial charge >= 0.3 is 6.03 Å². The quantitative estimate of drug-likeness (QED) is 0.442. The van der Waals surface area contributed by atoms with Crippen molar-refractivity contribution in [2.75, 3.05) is 38.1 Å². The molecule has 0 unspecified atom stereocenters. The standard InChI is InChI=1S/C24H27F2N9O3S2/c1-32(15-3-2-4-15)23(36)34-9-7-33(8-10-34)18-11-16(40(37,38)31-24(14-27)5-6-24)12-19-17(18)13-28-35(19)22-30-29-21(39-22)20(25)26/h11-13,15,20,31H,2-10H2,1H3. The number of hydrogen-bond acceptors (Lipinski definition) is 9. The Balaban J connectivity index is 1.35. The van der Waals surface area contributed by atoms with Gasteiger partial charge in [-0.3, -0.25) is 0 Å². The van der Waals surface area contributed by atoms with Crippen molar-refractivity contribution in [3.8, 4) is 11.2 Å². The van der Waals surface area contributed by atoms with Crippen LogP contribution in [-0.2, 0) is 10.0 Å². The number of fused-ring (bicyclic) bond motifs is 1. The third-order valence-corrected chi connectivity index (χ3v) is 10.3. The first-order chi connectivity index (χ1) is 19.1. The molecule has 2 amide bonds. The molecule has 0 bridgehead atoms. The molecule has 16 heteroatoms. The van der Waals surface area contributed by atoms with Gasteiger partial charge in [0, 0.05) is 50.3 Å². The number of benzene rings is 1. The minimum absolute atomic E-state index is 0.0137. The van der Waals surface area contributed by atoms with Crippen molar-refractivity contribution in [2.24, 2.45) is 0 Å². The molecule has 1 N–H and O–H groups in total. The summed E-state index contributed by atoms with van der Waals surface area (Å²) in [7, 11) is -2.28. The fraction of sp³-hybridized carbons (Fsp3) is 0.542. The summed E-state index contributed by atoms with van der Waals surface area (Å²) in [6.07, 6.45) is 2.73. The van der Waals surface area contributed by atoms with Crippen LogP contribution < -0.4 is 9.62 Å². The van der Waals surface area contributed by atoms with E-state index in [0.29, 0.717) is 66.9 Å². The second kappa shape index (κ2) is 9.89. The van der Waals surface area contributed by atoms with E-state index in [0.717, 1.165) is 19.3 Å². The molecule has 40 heavy (non-hydrogen) atoms. The Morgan fingerprint density at radius 2 is 1.95 bits per heavy atom. The SMILES string of the molecule is CN(C(=O)N1CCN(c2cc(S(=O)(=O)NC3(C#N)CC3)cc3c2cnn3-c2nnc(C(F)F)s2)CC1)C1CCC1. The van der Waals surface area contributed by atoms with Crippen molar-refractivity contribution < 1.29 is 22.0 Å². The average molecular weight is 592 g/mol. The van der Waals surface area contributed by atoms with Crippen LogP contribution in [0.1, 0.15) is 43.5 Å². The van der Waals surface area contributed by atoms with Gasteiger partial charge < -0.3 is 14.7 Å². The Morgan fingerprint density at radius 1 is 1.23 bits per heavy atom. The van der Waals surface area contributed by atoms with Gasteiger partial charge in [-0.05, 0) is 44.2 Å². The zero-order chi connectivity index (χ0) is 28.2. The van der Waals surface area contributed by atoms with Gasteiger partial charge in [0.1, 0.15) is 5.54 Å². The van der Waals surface area contributed by atoms with E-state index in [9.17, 15) is 27.3 Å². The highest BCUT2D eigenvalue weighted by atomic mass is 32.2. The number of halogens is 2. The Bertz CT molecular complexity index is 1600. The largest absolute Gasteiger partial charge is 0.367 e. The summed E-state index contributed by atoms with van der Waals surface area (Å²) in [5.41, 5.74) is -0.207. The van der Waals surface area contributed by atoms with Gasteiger partial charge in [-0.15, -0.1) is 10.2 Å². The molecule has 2 aliphatic carbocycles. The van der Waals surface area contributed by atoms with E-state index in [4.69, 9.17) is 0 Å². The molecular weight excluding hydrogens is 564 g/mol. The van der Waals surface area contributed by atoms with E-state index in [1.165, 1.54) is 23.0 Å². The van der Waals surface area contributed by atoms with Crippen molar-refractivity contribution >= 4 is 44.0 Å². The molecule has 3 aliphatic rings. The number of piperazine rings is 1. The number of urea groups is 1. The summed E-state index contributed by atoms with van der Waals surface area (Å²) in [6.45, 7) is 1.81. The molecule has 3 aromatic rings. The Kier molecular flexibility index (Phi) is 6.62. The molecule has 3 fully saturated rings. The lowest BCUT2D eigenvalue weighted by Gasteiger charge is -2.41. The summed E-state index contributed by atoms with van der Waals surface area (Å²) in [5, 5.41) is 21.4. The van der Waals surface area contributed by atoms with Gasteiger partial charge in [-0.1, -0.05) is 11.3 Å². The number of carbonyl (C=O) groups is 1. The third kappa shape index (κ3) is 4.75. The molecule has 1 aromatic carbocycles. The van der Waals surface area contributed by atoms with Gasteiger partial charge in [0.05, 0.1) is 22.7 Å². The minimum atomic E-state index is -4.11. The number of nitrogens with one attached hydrogen (secondary N) is 1. The minimum Gasteiger partial charge on any atom is -0.367 e. The number of anilines is 1. The van der Waals surface area contributed by atoms with Crippen molar-refractivity contribution in [3.63, 3.8) is 0 Å². The van der Waals surface area contributed by atoms with Crippen molar-refractivity contribution in [1.29, 1.82) is 5.26 Å². The highest BCUT2D eigenvalue weighted by Gasteiger charge is 2.47. The molecule has 3 heterocycles. The van der Waals surface area contributed by atoms with E-state index < -0.39 is 27.0 Å². The van der Waals surface area contributed by atoms with E-state index >= 15 is 0 Å². The predicted molar refractivity (Wildman–Crippen MR) is 142 cm³/mol. The first-order valence-electron chi connectivity index (χ1n) is 13.0. The number of amides is 2. The monoisotopic (exact) mass is 591 g/mol. The molecule has 2 saturated carbocycles. The van der Waals surface area contributed by atoms with Crippen LogP contribution in [0.15, 0.2) is 23.2 Å². The van der Waals surface area contributed by atoms with Crippen molar-refractivity contribution in [1.82, 2.24) is 34.5 Å². The Labute approximate surface area is 233 Å². The molecule has 0 spiro atoms. The maximum absolute atomic E-state index is 13.4. The smallest absolute Gasteiger partial charge is 0.320 e. The van der Waals surface area contributed by atoms with Crippen LogP contribution in [0.3, 0.4) is 0 Å². The number of alkyl halides is 2. The molecule has 1 aliphatic heterocycles. The normalized spacial score (nSPS) is 19.1. The number of nitriles is 1. The van der Waals surface area contributed by atoms with Crippen LogP contribution in [0, 0.1) is 11.3 Å². The summed E-state index contributed by atoms with van der Waals surface area (Å²) in [6, 6.07) is 5.23. The lowest BCUT2D eigenvalue weighted by molar-refractivity contribution is 0.120. The maximum atomic E-state index is 13.4. The summed E-state index contributed by atoms with van der Waals surface area (Å²) >= 11 is 0.665. The second-order valence-corrected chi connectivity index (χ2v) is 13.1. The average Bonchev–Trinajstić information content (AvgIpc) is 3.29. The van der Waals surface area contributed by atoms with Crippen molar-refractivity contribution in [3.05, 3.63) is 23.3 Å². The molecule has 2 aromatic heterocycles. The van der Waals surface area contributed by atoms with Crippen LogP contribution in [0.25, 0.3) is 16.0 Å². The van der Waals surface area contributed by atoms with E-state index in [-0.39, 0.29) is 22.1 Å². The molecule has 0 radical (unpaired) electrons. The maximum Gasteiger partial charge on any atom is 0.320 e. The molecule has 212 valence electrons. The second-order valence-electron chi connectivity index (χ2n) is 10.4. The molecule has 12 nitrogen and oxygen atoms in total. The number of hydrogen-bond donors (Lipinski definition) is 1. The molecule has 1 saturated heterocycles. The Hall–Kier alpha value is -3.42. The van der Waals surface area contributed by atoms with Crippen LogP contribution >= 0.6 is 11.3 Å². The first-order valence-corrected chi connectivity index (χ1v) is 15.3. The number of aromatic nitrogens is 4. The summed E-state index contributed by atoms with van der Waals surface area (Å²) in [5.74, 6) is 0. The van der Waals surface area contributed by atoms with Gasteiger partial charge in [-0.25, -0.2) is 26.7 Å². The lowest BCUT2D eigenvalue weighted by atomic mass is 9.92. The first kappa shape index (κ1) is 26.8. The van der Waals surface area contributed by atoms with Crippen molar-refractivity contribution in [2.45, 2.75) is 55.0 Å². The highest BCUT2D eigenvalue weighted by molar-refractivity contribution is 7.89. The van der Waals surface area contributed by atoms with Gasteiger partial charge in [0.2, 0.25) is 15.2 Å². The topological polar surface area (TPSA) is 140 Å². The number of nitrogens with zero attached hydrogens (tertiary/aromatic N) is 8. The summed E-state index contributed by atoms with van der Waals surface area (Å²) < 4.78 is 57.0. The highest BCUT2D eigenvalue weighted by Crippen LogP contribution is 2.38. The van der Waals surface area contributed by atoms with E-state index in [1.807, 2.05) is 18.0 Å². The fourth-order valence-corrected chi connectivity index (χ4v) is 7.11. The van der Waals surface area contributed by atoms with Crippen LogP contribution in [0.2, 0.25) is 0 Å². The van der Waals surface area contributed by atoms with E-state index in [2.05, 4.69) is 20.0 Å². The van der Waals surface area contributed by atoms with Crippen LogP contribution in [0.4, 0.5) is 19.3 Å². The lowest BCUT2D eigenvalue weighted by Crippen LogP contribution is -2.55. The zero-order valence-electron chi connectivity index (χ0n) is 21.6. The van der Waals surface area contributed by atoms with Crippen LogP contribution in [-0.4, -0.2) is 89.0 Å². The zero-order valence-corrected chi connectivity index (χ0v) is 23.3. The summed E-state index contributed by atoms with van der Waals surface area (Å²) in [4.78, 5) is 18.5. The van der Waals surface area contributed by atoms with Gasteiger partial charge in [0.15, 0.2) is 5.01 Å². The van der Waals surface area contributed by atoms with Gasteiger partial charge in [0.25, 0.3) is 6.43 Å².